The normalized spacial score (nSPS) is 23.3. The molecule has 4 nitrogen and oxygen atoms in total. The molecule has 22 heavy (non-hydrogen) atoms. The molecule has 1 saturated carbocycles. The first kappa shape index (κ1) is 15.8. The van der Waals surface area contributed by atoms with Gasteiger partial charge in [-0.3, -0.25) is 0 Å². The number of hydrogen-bond donors (Lipinski definition) is 1. The molecule has 5 heteroatoms. The summed E-state index contributed by atoms with van der Waals surface area (Å²) in [5.41, 5.74) is 4.40. The number of rotatable bonds is 5. The van der Waals surface area contributed by atoms with Crippen molar-refractivity contribution in [2.24, 2.45) is 0 Å². The fourth-order valence-corrected chi connectivity index (χ4v) is 4.67. The Labute approximate surface area is 137 Å². The molecule has 1 fully saturated rings. The lowest BCUT2D eigenvalue weighted by Crippen LogP contribution is -2.30. The van der Waals surface area contributed by atoms with E-state index in [-0.39, 0.29) is 0 Å². The Bertz CT molecular complexity index is 651. The summed E-state index contributed by atoms with van der Waals surface area (Å²) in [4.78, 5) is 4.56. The summed E-state index contributed by atoms with van der Waals surface area (Å²) in [6, 6.07) is 2.98. The van der Waals surface area contributed by atoms with Crippen molar-refractivity contribution in [2.75, 3.05) is 5.75 Å². The molecule has 120 valence electrons. The second-order valence-electron chi connectivity index (χ2n) is 6.33. The van der Waals surface area contributed by atoms with Gasteiger partial charge in [-0.1, -0.05) is 6.92 Å². The predicted octanol–water partition coefficient (Wildman–Crippen LogP) is 3.67. The molecule has 1 aliphatic carbocycles. The quantitative estimate of drug-likeness (QED) is 0.913. The van der Waals surface area contributed by atoms with Crippen molar-refractivity contribution >= 4 is 17.4 Å². The van der Waals surface area contributed by atoms with Gasteiger partial charge in [0.2, 0.25) is 0 Å². The molecule has 2 heterocycles. The molecular formula is C17H26N4S. The van der Waals surface area contributed by atoms with Crippen LogP contribution >= 0.6 is 11.8 Å². The van der Waals surface area contributed by atoms with E-state index in [0.717, 1.165) is 16.6 Å². The largest absolute Gasteiger partial charge is 0.307 e. The van der Waals surface area contributed by atoms with Gasteiger partial charge in [0.15, 0.2) is 5.65 Å². The molecule has 0 aromatic carbocycles. The zero-order chi connectivity index (χ0) is 15.7. The van der Waals surface area contributed by atoms with Crippen molar-refractivity contribution in [3.05, 3.63) is 29.2 Å². The Morgan fingerprint density at radius 3 is 3.00 bits per heavy atom. The molecule has 3 atom stereocenters. The lowest BCUT2D eigenvalue weighted by molar-refractivity contribution is 0.458. The highest BCUT2D eigenvalue weighted by Crippen LogP contribution is 2.31. The standard InChI is InChI=1S/C17H26N4S/c1-5-22-15-7-6-14(9-15)19-12(3)16-10-18-17-8-11(2)20-21(17)13(16)4/h8,10,12,14-15,19H,5-7,9H2,1-4H3/t12-,14+,15-/m1/s1. The van der Waals surface area contributed by atoms with Gasteiger partial charge in [0, 0.05) is 40.9 Å². The summed E-state index contributed by atoms with van der Waals surface area (Å²) in [6.07, 6.45) is 5.93. The van der Waals surface area contributed by atoms with Gasteiger partial charge in [-0.15, -0.1) is 0 Å². The van der Waals surface area contributed by atoms with E-state index in [9.17, 15) is 0 Å². The molecule has 0 radical (unpaired) electrons. The fourth-order valence-electron chi connectivity index (χ4n) is 3.52. The minimum Gasteiger partial charge on any atom is -0.307 e. The summed E-state index contributed by atoms with van der Waals surface area (Å²) in [6.45, 7) is 8.65. The minimum atomic E-state index is 0.316. The average Bonchev–Trinajstić information content (AvgIpc) is 3.06. The monoisotopic (exact) mass is 318 g/mol. The molecule has 1 N–H and O–H groups in total. The number of fused-ring (bicyclic) bond motifs is 1. The van der Waals surface area contributed by atoms with Crippen LogP contribution in [0.1, 0.15) is 56.1 Å². The number of nitrogens with zero attached hydrogens (tertiary/aromatic N) is 3. The molecule has 0 spiro atoms. The van der Waals surface area contributed by atoms with Gasteiger partial charge in [0.25, 0.3) is 0 Å². The van der Waals surface area contributed by atoms with Crippen molar-refractivity contribution in [1.29, 1.82) is 0 Å². The highest BCUT2D eigenvalue weighted by molar-refractivity contribution is 7.99. The molecule has 2 aromatic heterocycles. The summed E-state index contributed by atoms with van der Waals surface area (Å²) in [5.74, 6) is 1.23. The second kappa shape index (κ2) is 6.59. The smallest absolute Gasteiger partial charge is 0.155 e. The number of hydrogen-bond acceptors (Lipinski definition) is 4. The first-order valence-electron chi connectivity index (χ1n) is 8.28. The fraction of sp³-hybridized carbons (Fsp3) is 0.647. The van der Waals surface area contributed by atoms with E-state index < -0.39 is 0 Å². The van der Waals surface area contributed by atoms with Gasteiger partial charge in [0.05, 0.1) is 5.69 Å². The van der Waals surface area contributed by atoms with Crippen LogP contribution in [-0.4, -0.2) is 31.6 Å². The molecule has 0 amide bonds. The Morgan fingerprint density at radius 1 is 1.41 bits per heavy atom. The van der Waals surface area contributed by atoms with Crippen molar-refractivity contribution in [1.82, 2.24) is 19.9 Å². The van der Waals surface area contributed by atoms with Crippen LogP contribution in [0.5, 0.6) is 0 Å². The van der Waals surface area contributed by atoms with Crippen molar-refractivity contribution < 1.29 is 0 Å². The zero-order valence-corrected chi connectivity index (χ0v) is 14.8. The Balaban J connectivity index is 1.72. The van der Waals surface area contributed by atoms with E-state index in [1.54, 1.807) is 0 Å². The third-order valence-electron chi connectivity index (χ3n) is 4.62. The van der Waals surface area contributed by atoms with E-state index in [4.69, 9.17) is 0 Å². The van der Waals surface area contributed by atoms with Crippen molar-refractivity contribution in [3.8, 4) is 0 Å². The van der Waals surface area contributed by atoms with E-state index >= 15 is 0 Å². The van der Waals surface area contributed by atoms with Gasteiger partial charge >= 0.3 is 0 Å². The van der Waals surface area contributed by atoms with E-state index in [1.165, 1.54) is 36.3 Å². The zero-order valence-electron chi connectivity index (χ0n) is 14.0. The van der Waals surface area contributed by atoms with Gasteiger partial charge in [-0.05, 0) is 45.8 Å². The molecule has 3 rings (SSSR count). The number of aryl methyl sites for hydroxylation is 2. The summed E-state index contributed by atoms with van der Waals surface area (Å²) >= 11 is 2.11. The number of nitrogens with one attached hydrogen (secondary N) is 1. The van der Waals surface area contributed by atoms with Crippen LogP contribution in [0.3, 0.4) is 0 Å². The molecule has 2 aromatic rings. The highest BCUT2D eigenvalue weighted by Gasteiger charge is 2.26. The van der Waals surface area contributed by atoms with Gasteiger partial charge in [-0.25, -0.2) is 9.50 Å². The highest BCUT2D eigenvalue weighted by atomic mass is 32.2. The lowest BCUT2D eigenvalue weighted by atomic mass is 10.1. The first-order valence-corrected chi connectivity index (χ1v) is 9.33. The maximum atomic E-state index is 4.56. The molecule has 0 saturated heterocycles. The molecule has 0 unspecified atom stereocenters. The number of thioether (sulfide) groups is 1. The minimum absolute atomic E-state index is 0.316. The maximum Gasteiger partial charge on any atom is 0.155 e. The Hall–Kier alpha value is -1.07. The Morgan fingerprint density at radius 2 is 2.23 bits per heavy atom. The van der Waals surface area contributed by atoms with E-state index in [1.807, 2.05) is 23.7 Å². The van der Waals surface area contributed by atoms with E-state index in [0.29, 0.717) is 12.1 Å². The average molecular weight is 318 g/mol. The summed E-state index contributed by atoms with van der Waals surface area (Å²) < 4.78 is 1.97. The second-order valence-corrected chi connectivity index (χ2v) is 7.91. The maximum absolute atomic E-state index is 4.56. The summed E-state index contributed by atoms with van der Waals surface area (Å²) in [5, 5.41) is 9.19. The van der Waals surface area contributed by atoms with Crippen LogP contribution in [-0.2, 0) is 0 Å². The third kappa shape index (κ3) is 3.15. The topological polar surface area (TPSA) is 42.2 Å². The molecule has 1 aliphatic rings. The van der Waals surface area contributed by atoms with E-state index in [2.05, 4.69) is 47.9 Å². The SMILES string of the molecule is CCS[C@@H]1CC[C@H](N[C@H](C)c2cnc3cc(C)nn3c2C)C1. The van der Waals surface area contributed by atoms with Crippen LogP contribution in [0.25, 0.3) is 5.65 Å². The van der Waals surface area contributed by atoms with Gasteiger partial charge in [0.1, 0.15) is 0 Å². The number of aromatic nitrogens is 3. The van der Waals surface area contributed by atoms with Crippen LogP contribution in [0, 0.1) is 13.8 Å². The van der Waals surface area contributed by atoms with Crippen molar-refractivity contribution in [2.45, 2.75) is 64.3 Å². The summed E-state index contributed by atoms with van der Waals surface area (Å²) in [7, 11) is 0. The molecule has 0 bridgehead atoms. The van der Waals surface area contributed by atoms with Crippen LogP contribution in [0.2, 0.25) is 0 Å². The molecular weight excluding hydrogens is 292 g/mol. The molecule has 0 aliphatic heterocycles. The third-order valence-corrected chi connectivity index (χ3v) is 5.86. The van der Waals surface area contributed by atoms with Crippen LogP contribution in [0.15, 0.2) is 12.3 Å². The van der Waals surface area contributed by atoms with Gasteiger partial charge < -0.3 is 5.32 Å². The Kier molecular flexibility index (Phi) is 4.73. The van der Waals surface area contributed by atoms with Crippen molar-refractivity contribution in [3.63, 3.8) is 0 Å². The van der Waals surface area contributed by atoms with Gasteiger partial charge in [-0.2, -0.15) is 16.9 Å². The lowest BCUT2D eigenvalue weighted by Gasteiger charge is -2.21. The first-order chi connectivity index (χ1) is 10.6. The predicted molar refractivity (Wildman–Crippen MR) is 93.6 cm³/mol. The van der Waals surface area contributed by atoms with Crippen LogP contribution in [0.4, 0.5) is 0 Å². The van der Waals surface area contributed by atoms with Crippen LogP contribution < -0.4 is 5.32 Å².